The van der Waals surface area contributed by atoms with Crippen LogP contribution in [0.3, 0.4) is 0 Å². The van der Waals surface area contributed by atoms with Crippen molar-refractivity contribution in [3.05, 3.63) is 35.1 Å². The van der Waals surface area contributed by atoms with Crippen molar-refractivity contribution >= 4 is 5.97 Å². The molecule has 0 bridgehead atoms. The maximum atomic E-state index is 13.4. The Labute approximate surface area is 113 Å². The second kappa shape index (κ2) is 7.21. The molecule has 0 amide bonds. The number of hydrogen-bond donors (Lipinski definition) is 1. The SMILES string of the molecule is COC(=O)CN(Cc1cc(F)cc(CN)c1)C(C)C. The van der Waals surface area contributed by atoms with E-state index in [1.165, 1.54) is 19.2 Å². The topological polar surface area (TPSA) is 55.6 Å². The molecule has 0 aliphatic carbocycles. The third kappa shape index (κ3) is 4.96. The predicted molar refractivity (Wildman–Crippen MR) is 71.9 cm³/mol. The first-order valence-corrected chi connectivity index (χ1v) is 6.25. The summed E-state index contributed by atoms with van der Waals surface area (Å²) < 4.78 is 18.1. The minimum absolute atomic E-state index is 0.156. The molecule has 0 aromatic heterocycles. The van der Waals surface area contributed by atoms with E-state index in [1.807, 2.05) is 24.8 Å². The van der Waals surface area contributed by atoms with Crippen molar-refractivity contribution in [2.75, 3.05) is 13.7 Å². The standard InChI is InChI=1S/C14H21FN2O2/c1-10(2)17(9-14(18)19-3)8-12-4-11(7-16)5-13(15)6-12/h4-6,10H,7-9,16H2,1-3H3. The molecular formula is C14H21FN2O2. The predicted octanol–water partition coefficient (Wildman–Crippen LogP) is 1.67. The van der Waals surface area contributed by atoms with E-state index in [9.17, 15) is 9.18 Å². The number of carbonyl (C=O) groups excluding carboxylic acids is 1. The first-order chi connectivity index (χ1) is 8.96. The van der Waals surface area contributed by atoms with Crippen LogP contribution >= 0.6 is 0 Å². The molecule has 5 heteroatoms. The molecule has 1 rings (SSSR count). The summed E-state index contributed by atoms with van der Waals surface area (Å²) in [5, 5.41) is 0. The van der Waals surface area contributed by atoms with Crippen molar-refractivity contribution in [1.82, 2.24) is 4.90 Å². The van der Waals surface area contributed by atoms with Crippen LogP contribution in [0.25, 0.3) is 0 Å². The Balaban J connectivity index is 2.84. The van der Waals surface area contributed by atoms with E-state index in [0.29, 0.717) is 13.1 Å². The number of nitrogens with zero attached hydrogens (tertiary/aromatic N) is 1. The summed E-state index contributed by atoms with van der Waals surface area (Å²) in [6, 6.07) is 4.90. The van der Waals surface area contributed by atoms with Gasteiger partial charge in [-0.1, -0.05) is 6.07 Å². The van der Waals surface area contributed by atoms with Gasteiger partial charge in [-0.05, 0) is 37.1 Å². The lowest BCUT2D eigenvalue weighted by Crippen LogP contribution is -2.35. The highest BCUT2D eigenvalue weighted by atomic mass is 19.1. The lowest BCUT2D eigenvalue weighted by molar-refractivity contribution is -0.142. The zero-order chi connectivity index (χ0) is 14.4. The molecule has 0 aliphatic rings. The number of rotatable bonds is 6. The van der Waals surface area contributed by atoms with Crippen LogP contribution in [0, 0.1) is 5.82 Å². The summed E-state index contributed by atoms with van der Waals surface area (Å²) in [6.07, 6.45) is 0. The van der Waals surface area contributed by atoms with Gasteiger partial charge in [-0.2, -0.15) is 0 Å². The lowest BCUT2D eigenvalue weighted by Gasteiger charge is -2.25. The fraction of sp³-hybridized carbons (Fsp3) is 0.500. The number of nitrogens with two attached hydrogens (primary N) is 1. The molecule has 0 atom stereocenters. The molecule has 1 aromatic rings. The highest BCUT2D eigenvalue weighted by Gasteiger charge is 2.15. The molecule has 1 aromatic carbocycles. The summed E-state index contributed by atoms with van der Waals surface area (Å²) in [5.74, 6) is -0.608. The maximum Gasteiger partial charge on any atom is 0.319 e. The Hall–Kier alpha value is -1.46. The van der Waals surface area contributed by atoms with E-state index < -0.39 is 0 Å². The molecule has 0 radical (unpaired) electrons. The Morgan fingerprint density at radius 2 is 2.00 bits per heavy atom. The number of esters is 1. The summed E-state index contributed by atoms with van der Waals surface area (Å²) in [4.78, 5) is 13.3. The van der Waals surface area contributed by atoms with Crippen LogP contribution in [0.15, 0.2) is 18.2 Å². The Morgan fingerprint density at radius 1 is 1.37 bits per heavy atom. The monoisotopic (exact) mass is 268 g/mol. The average molecular weight is 268 g/mol. The van der Waals surface area contributed by atoms with Gasteiger partial charge in [0, 0.05) is 19.1 Å². The number of halogens is 1. The van der Waals surface area contributed by atoms with Gasteiger partial charge >= 0.3 is 5.97 Å². The quantitative estimate of drug-likeness (QED) is 0.797. The molecule has 0 heterocycles. The van der Waals surface area contributed by atoms with E-state index in [-0.39, 0.29) is 24.4 Å². The second-order valence-electron chi connectivity index (χ2n) is 4.75. The smallest absolute Gasteiger partial charge is 0.319 e. The van der Waals surface area contributed by atoms with Gasteiger partial charge in [0.2, 0.25) is 0 Å². The summed E-state index contributed by atoms with van der Waals surface area (Å²) in [6.45, 7) is 4.92. The third-order valence-corrected chi connectivity index (χ3v) is 2.93. The highest BCUT2D eigenvalue weighted by molar-refractivity contribution is 5.71. The molecule has 0 aliphatic heterocycles. The summed E-state index contributed by atoms with van der Waals surface area (Å²) >= 11 is 0. The van der Waals surface area contributed by atoms with Crippen LogP contribution in [-0.4, -0.2) is 30.6 Å². The molecule has 0 spiro atoms. The summed E-state index contributed by atoms with van der Waals surface area (Å²) in [7, 11) is 1.36. The van der Waals surface area contributed by atoms with Gasteiger partial charge in [0.15, 0.2) is 0 Å². The molecule has 2 N–H and O–H groups in total. The van der Waals surface area contributed by atoms with E-state index in [1.54, 1.807) is 0 Å². The zero-order valence-electron chi connectivity index (χ0n) is 11.6. The third-order valence-electron chi connectivity index (χ3n) is 2.93. The normalized spacial score (nSPS) is 11.1. The molecule has 0 saturated carbocycles. The molecule has 106 valence electrons. The Bertz CT molecular complexity index is 435. The van der Waals surface area contributed by atoms with Crippen molar-refractivity contribution < 1.29 is 13.9 Å². The van der Waals surface area contributed by atoms with Gasteiger partial charge < -0.3 is 10.5 Å². The van der Waals surface area contributed by atoms with Gasteiger partial charge in [-0.15, -0.1) is 0 Å². The second-order valence-corrected chi connectivity index (χ2v) is 4.75. The molecule has 0 saturated heterocycles. The van der Waals surface area contributed by atoms with Gasteiger partial charge in [0.1, 0.15) is 5.82 Å². The van der Waals surface area contributed by atoms with Crippen LogP contribution in [0.2, 0.25) is 0 Å². The Morgan fingerprint density at radius 3 is 2.53 bits per heavy atom. The van der Waals surface area contributed by atoms with E-state index in [4.69, 9.17) is 5.73 Å². The highest BCUT2D eigenvalue weighted by Crippen LogP contribution is 2.13. The largest absolute Gasteiger partial charge is 0.468 e. The molecule has 19 heavy (non-hydrogen) atoms. The number of carbonyl (C=O) groups is 1. The van der Waals surface area contributed by atoms with Gasteiger partial charge in [0.25, 0.3) is 0 Å². The fourth-order valence-electron chi connectivity index (χ4n) is 1.81. The van der Waals surface area contributed by atoms with Crippen LogP contribution in [0.5, 0.6) is 0 Å². The number of methoxy groups -OCH3 is 1. The van der Waals surface area contributed by atoms with E-state index in [2.05, 4.69) is 4.74 Å². The van der Waals surface area contributed by atoms with Crippen molar-refractivity contribution in [2.24, 2.45) is 5.73 Å². The maximum absolute atomic E-state index is 13.4. The van der Waals surface area contributed by atoms with Crippen LogP contribution in [0.4, 0.5) is 4.39 Å². The van der Waals surface area contributed by atoms with E-state index in [0.717, 1.165) is 11.1 Å². The summed E-state index contributed by atoms with van der Waals surface area (Å²) in [5.41, 5.74) is 7.08. The van der Waals surface area contributed by atoms with Crippen LogP contribution < -0.4 is 5.73 Å². The molecule has 4 nitrogen and oxygen atoms in total. The molecular weight excluding hydrogens is 247 g/mol. The van der Waals surface area contributed by atoms with Crippen LogP contribution in [-0.2, 0) is 22.6 Å². The molecule has 0 fully saturated rings. The van der Waals surface area contributed by atoms with Gasteiger partial charge in [-0.3, -0.25) is 9.69 Å². The Kier molecular flexibility index (Phi) is 5.92. The number of ether oxygens (including phenoxy) is 1. The first-order valence-electron chi connectivity index (χ1n) is 6.25. The number of benzene rings is 1. The van der Waals surface area contributed by atoms with Crippen LogP contribution in [0.1, 0.15) is 25.0 Å². The average Bonchev–Trinajstić information content (AvgIpc) is 2.36. The van der Waals surface area contributed by atoms with Crippen molar-refractivity contribution in [3.8, 4) is 0 Å². The minimum Gasteiger partial charge on any atom is -0.468 e. The lowest BCUT2D eigenvalue weighted by atomic mass is 10.1. The van der Waals surface area contributed by atoms with Crippen molar-refractivity contribution in [3.63, 3.8) is 0 Å². The first kappa shape index (κ1) is 15.6. The number of hydrogen-bond acceptors (Lipinski definition) is 4. The molecule has 0 unspecified atom stereocenters. The van der Waals surface area contributed by atoms with Crippen molar-refractivity contribution in [1.29, 1.82) is 0 Å². The zero-order valence-corrected chi connectivity index (χ0v) is 11.6. The fourth-order valence-corrected chi connectivity index (χ4v) is 1.81. The van der Waals surface area contributed by atoms with Gasteiger partial charge in [0.05, 0.1) is 13.7 Å². The van der Waals surface area contributed by atoms with E-state index >= 15 is 0 Å². The van der Waals surface area contributed by atoms with Gasteiger partial charge in [-0.25, -0.2) is 4.39 Å². The van der Waals surface area contributed by atoms with Crippen molar-refractivity contribution in [2.45, 2.75) is 33.0 Å². The minimum atomic E-state index is -0.306.